The summed E-state index contributed by atoms with van der Waals surface area (Å²) >= 11 is 5.49. The Labute approximate surface area is 113 Å². The van der Waals surface area contributed by atoms with Gasteiger partial charge in [0.05, 0.1) is 21.5 Å². The molecule has 9 heteroatoms. The molecule has 1 aromatic rings. The van der Waals surface area contributed by atoms with Crippen molar-refractivity contribution in [1.29, 1.82) is 0 Å². The van der Waals surface area contributed by atoms with Crippen molar-refractivity contribution in [3.63, 3.8) is 0 Å². The maximum Gasteiger partial charge on any atom is 0.294 e. The molecular weight excluding hydrogens is 299 g/mol. The Balaban J connectivity index is 2.29. The minimum Gasteiger partial charge on any atom is -0.376 e. The van der Waals surface area contributed by atoms with E-state index in [1.54, 1.807) is 0 Å². The molecular formula is C10H10ClFN2O4S. The van der Waals surface area contributed by atoms with Crippen LogP contribution in [0.15, 0.2) is 12.1 Å². The number of nitro groups is 1. The van der Waals surface area contributed by atoms with E-state index in [1.165, 1.54) is 0 Å². The summed E-state index contributed by atoms with van der Waals surface area (Å²) in [5, 5.41) is 13.2. The maximum absolute atomic E-state index is 13.3. The van der Waals surface area contributed by atoms with E-state index in [4.69, 9.17) is 11.6 Å². The number of halogens is 2. The lowest BCUT2D eigenvalue weighted by Crippen LogP contribution is -2.21. The van der Waals surface area contributed by atoms with Gasteiger partial charge >= 0.3 is 0 Å². The van der Waals surface area contributed by atoms with Crippen LogP contribution in [0.3, 0.4) is 0 Å². The third-order valence-electron chi connectivity index (χ3n) is 2.83. The van der Waals surface area contributed by atoms with Crippen LogP contribution in [0.5, 0.6) is 0 Å². The third kappa shape index (κ3) is 3.13. The molecule has 19 heavy (non-hydrogen) atoms. The first-order chi connectivity index (χ1) is 8.78. The smallest absolute Gasteiger partial charge is 0.294 e. The Morgan fingerprint density at radius 1 is 1.47 bits per heavy atom. The quantitative estimate of drug-likeness (QED) is 0.681. The molecule has 1 aliphatic rings. The number of rotatable bonds is 3. The number of benzene rings is 1. The fourth-order valence-electron chi connectivity index (χ4n) is 1.93. The molecule has 0 radical (unpaired) electrons. The Kier molecular flexibility index (Phi) is 3.64. The second kappa shape index (κ2) is 4.93. The number of anilines is 1. The second-order valence-electron chi connectivity index (χ2n) is 4.28. The molecule has 104 valence electrons. The minimum atomic E-state index is -3.12. The molecule has 1 heterocycles. The molecule has 0 amide bonds. The van der Waals surface area contributed by atoms with Crippen molar-refractivity contribution >= 4 is 32.8 Å². The van der Waals surface area contributed by atoms with Gasteiger partial charge in [-0.05, 0) is 6.42 Å². The van der Waals surface area contributed by atoms with Crippen molar-refractivity contribution in [3.8, 4) is 0 Å². The summed E-state index contributed by atoms with van der Waals surface area (Å²) in [6.45, 7) is 0. The van der Waals surface area contributed by atoms with E-state index in [0.717, 1.165) is 12.1 Å². The van der Waals surface area contributed by atoms with Crippen LogP contribution in [0.2, 0.25) is 5.02 Å². The maximum atomic E-state index is 13.3. The lowest BCUT2D eigenvalue weighted by Gasteiger charge is -2.12. The highest BCUT2D eigenvalue weighted by Gasteiger charge is 2.29. The van der Waals surface area contributed by atoms with Gasteiger partial charge in [-0.2, -0.15) is 0 Å². The van der Waals surface area contributed by atoms with E-state index in [1.807, 2.05) is 0 Å². The molecule has 0 aliphatic carbocycles. The highest BCUT2D eigenvalue weighted by molar-refractivity contribution is 7.91. The van der Waals surface area contributed by atoms with Gasteiger partial charge in [0.15, 0.2) is 9.84 Å². The molecule has 1 atom stereocenters. The summed E-state index contributed by atoms with van der Waals surface area (Å²) in [5.41, 5.74) is -0.440. The molecule has 0 saturated carbocycles. The van der Waals surface area contributed by atoms with Gasteiger partial charge in [-0.1, -0.05) is 11.6 Å². The van der Waals surface area contributed by atoms with Gasteiger partial charge in [0.1, 0.15) is 11.5 Å². The van der Waals surface area contributed by atoms with Gasteiger partial charge < -0.3 is 5.32 Å². The molecule has 0 bridgehead atoms. The SMILES string of the molecule is O=[N+]([O-])c1cc(Cl)c(F)cc1NC1CCS(=O)(=O)C1. The third-order valence-corrected chi connectivity index (χ3v) is 4.88. The predicted octanol–water partition coefficient (Wildman–Crippen LogP) is 1.99. The summed E-state index contributed by atoms with van der Waals surface area (Å²) in [4.78, 5) is 10.2. The van der Waals surface area contributed by atoms with E-state index in [-0.39, 0.29) is 27.9 Å². The fourth-order valence-corrected chi connectivity index (χ4v) is 3.76. The molecule has 1 aliphatic heterocycles. The lowest BCUT2D eigenvalue weighted by atomic mass is 10.2. The van der Waals surface area contributed by atoms with Crippen LogP contribution in [0.25, 0.3) is 0 Å². The zero-order chi connectivity index (χ0) is 14.2. The Morgan fingerprint density at radius 3 is 2.68 bits per heavy atom. The van der Waals surface area contributed by atoms with E-state index in [0.29, 0.717) is 6.42 Å². The van der Waals surface area contributed by atoms with Crippen LogP contribution in [-0.4, -0.2) is 30.9 Å². The lowest BCUT2D eigenvalue weighted by molar-refractivity contribution is -0.384. The predicted molar refractivity (Wildman–Crippen MR) is 68.7 cm³/mol. The topological polar surface area (TPSA) is 89.3 Å². The Bertz CT molecular complexity index is 635. The summed E-state index contributed by atoms with van der Waals surface area (Å²) in [6.07, 6.45) is 0.337. The standard InChI is InChI=1S/C10H10ClFN2O4S/c11-7-3-10(14(15)16)9(4-8(7)12)13-6-1-2-19(17,18)5-6/h3-4,6,13H,1-2,5H2. The first-order valence-electron chi connectivity index (χ1n) is 5.39. The van der Waals surface area contributed by atoms with Crippen LogP contribution >= 0.6 is 11.6 Å². The number of nitrogens with one attached hydrogen (secondary N) is 1. The van der Waals surface area contributed by atoms with Gasteiger partial charge in [-0.3, -0.25) is 10.1 Å². The number of nitro benzene ring substituents is 1. The molecule has 1 unspecified atom stereocenters. The van der Waals surface area contributed by atoms with Gasteiger partial charge in [0.2, 0.25) is 0 Å². The zero-order valence-electron chi connectivity index (χ0n) is 9.60. The highest BCUT2D eigenvalue weighted by Crippen LogP contribution is 2.31. The summed E-state index contributed by atoms with van der Waals surface area (Å²) < 4.78 is 35.9. The Morgan fingerprint density at radius 2 is 2.16 bits per heavy atom. The molecule has 0 aromatic heterocycles. The normalized spacial score (nSPS) is 21.3. The molecule has 2 rings (SSSR count). The molecule has 6 nitrogen and oxygen atoms in total. The number of hydrogen-bond donors (Lipinski definition) is 1. The Hall–Kier alpha value is -1.41. The van der Waals surface area contributed by atoms with Crippen molar-refractivity contribution in [2.45, 2.75) is 12.5 Å². The monoisotopic (exact) mass is 308 g/mol. The van der Waals surface area contributed by atoms with Crippen molar-refractivity contribution in [1.82, 2.24) is 0 Å². The van der Waals surface area contributed by atoms with Gasteiger partial charge in [0.25, 0.3) is 5.69 Å². The van der Waals surface area contributed by atoms with Crippen molar-refractivity contribution in [3.05, 3.63) is 33.1 Å². The fraction of sp³-hybridized carbons (Fsp3) is 0.400. The van der Waals surface area contributed by atoms with Gasteiger partial charge in [-0.25, -0.2) is 12.8 Å². The van der Waals surface area contributed by atoms with E-state index in [9.17, 15) is 22.9 Å². The van der Waals surface area contributed by atoms with E-state index < -0.39 is 26.6 Å². The summed E-state index contributed by atoms with van der Waals surface area (Å²) in [7, 11) is -3.12. The summed E-state index contributed by atoms with van der Waals surface area (Å²) in [5.74, 6) is -0.890. The average Bonchev–Trinajstić information content (AvgIpc) is 2.62. The molecule has 1 N–H and O–H groups in total. The van der Waals surface area contributed by atoms with Crippen LogP contribution in [-0.2, 0) is 9.84 Å². The van der Waals surface area contributed by atoms with Crippen molar-refractivity contribution < 1.29 is 17.7 Å². The zero-order valence-corrected chi connectivity index (χ0v) is 11.2. The second-order valence-corrected chi connectivity index (χ2v) is 6.92. The van der Waals surface area contributed by atoms with Crippen LogP contribution in [0, 0.1) is 15.9 Å². The van der Waals surface area contributed by atoms with E-state index in [2.05, 4.69) is 5.32 Å². The van der Waals surface area contributed by atoms with Crippen molar-refractivity contribution in [2.75, 3.05) is 16.8 Å². The first kappa shape index (κ1) is 14.0. The van der Waals surface area contributed by atoms with Gasteiger partial charge in [0, 0.05) is 18.2 Å². The van der Waals surface area contributed by atoms with Crippen LogP contribution in [0.4, 0.5) is 15.8 Å². The number of sulfone groups is 1. The van der Waals surface area contributed by atoms with Crippen LogP contribution < -0.4 is 5.32 Å². The summed E-state index contributed by atoms with van der Waals surface area (Å²) in [6, 6.07) is 1.36. The van der Waals surface area contributed by atoms with Gasteiger partial charge in [-0.15, -0.1) is 0 Å². The minimum absolute atomic E-state index is 0.0224. The molecule has 1 aromatic carbocycles. The first-order valence-corrected chi connectivity index (χ1v) is 7.59. The largest absolute Gasteiger partial charge is 0.376 e. The van der Waals surface area contributed by atoms with Crippen molar-refractivity contribution in [2.24, 2.45) is 0 Å². The highest BCUT2D eigenvalue weighted by atomic mass is 35.5. The van der Waals surface area contributed by atoms with Crippen LogP contribution in [0.1, 0.15) is 6.42 Å². The number of nitrogens with zero attached hydrogens (tertiary/aromatic N) is 1. The molecule has 0 spiro atoms. The number of hydrogen-bond acceptors (Lipinski definition) is 5. The molecule has 1 fully saturated rings. The van der Waals surface area contributed by atoms with E-state index >= 15 is 0 Å². The molecule has 1 saturated heterocycles. The average molecular weight is 309 g/mol.